The van der Waals surface area contributed by atoms with Gasteiger partial charge in [-0.1, -0.05) is 6.42 Å². The Morgan fingerprint density at radius 1 is 1.53 bits per heavy atom. The molecule has 4 heteroatoms. The van der Waals surface area contributed by atoms with E-state index in [0.29, 0.717) is 13.1 Å². The van der Waals surface area contributed by atoms with Crippen LogP contribution in [0.3, 0.4) is 0 Å². The fraction of sp³-hybridized carbons (Fsp3) is 0.615. The first-order valence-electron chi connectivity index (χ1n) is 6.41. The molecule has 0 aliphatic heterocycles. The SMILES string of the molecule is CCNC(=O)Cn1cc2c(c1)C(N)CCCC2. The molecule has 1 amide bonds. The minimum absolute atomic E-state index is 0.0613. The third-order valence-corrected chi connectivity index (χ3v) is 3.31. The Balaban J connectivity index is 2.11. The second-order valence-corrected chi connectivity index (χ2v) is 4.72. The van der Waals surface area contributed by atoms with Crippen molar-refractivity contribution < 1.29 is 4.79 Å². The molecule has 2 rings (SSSR count). The van der Waals surface area contributed by atoms with Crippen molar-refractivity contribution in [2.24, 2.45) is 5.73 Å². The molecule has 0 fully saturated rings. The molecule has 0 aromatic carbocycles. The number of amides is 1. The molecule has 4 nitrogen and oxygen atoms in total. The standard InChI is InChI=1S/C13H21N3O/c1-2-15-13(17)9-16-7-10-5-3-4-6-12(14)11(10)8-16/h7-8,12H,2-6,9,14H2,1H3,(H,15,17). The van der Waals surface area contributed by atoms with Gasteiger partial charge in [-0.05, 0) is 37.3 Å². The highest BCUT2D eigenvalue weighted by Crippen LogP contribution is 2.27. The molecular formula is C13H21N3O. The summed E-state index contributed by atoms with van der Waals surface area (Å²) in [5, 5.41) is 2.81. The number of carbonyl (C=O) groups excluding carboxylic acids is 1. The second-order valence-electron chi connectivity index (χ2n) is 4.72. The van der Waals surface area contributed by atoms with Crippen LogP contribution in [0.1, 0.15) is 43.4 Å². The van der Waals surface area contributed by atoms with Crippen LogP contribution in [0, 0.1) is 0 Å². The molecule has 0 radical (unpaired) electrons. The third-order valence-electron chi connectivity index (χ3n) is 3.31. The fourth-order valence-electron chi connectivity index (χ4n) is 2.46. The first kappa shape index (κ1) is 12.2. The lowest BCUT2D eigenvalue weighted by atomic mass is 10.1. The van der Waals surface area contributed by atoms with E-state index in [0.717, 1.165) is 12.8 Å². The number of rotatable bonds is 3. The zero-order valence-corrected chi connectivity index (χ0v) is 10.4. The molecule has 17 heavy (non-hydrogen) atoms. The van der Waals surface area contributed by atoms with Crippen molar-refractivity contribution in [2.75, 3.05) is 6.54 Å². The van der Waals surface area contributed by atoms with E-state index in [9.17, 15) is 4.79 Å². The number of carbonyl (C=O) groups is 1. The molecule has 1 unspecified atom stereocenters. The minimum Gasteiger partial charge on any atom is -0.355 e. The van der Waals surface area contributed by atoms with Gasteiger partial charge in [-0.2, -0.15) is 0 Å². The predicted octanol–water partition coefficient (Wildman–Crippen LogP) is 1.35. The zero-order chi connectivity index (χ0) is 12.3. The average Bonchev–Trinajstić information content (AvgIpc) is 2.60. The number of aromatic nitrogens is 1. The van der Waals surface area contributed by atoms with E-state index in [4.69, 9.17) is 5.73 Å². The smallest absolute Gasteiger partial charge is 0.239 e. The summed E-state index contributed by atoms with van der Waals surface area (Å²) in [4.78, 5) is 11.5. The highest BCUT2D eigenvalue weighted by atomic mass is 16.1. The summed E-state index contributed by atoms with van der Waals surface area (Å²) < 4.78 is 1.96. The number of nitrogens with two attached hydrogens (primary N) is 1. The van der Waals surface area contributed by atoms with Gasteiger partial charge in [0.1, 0.15) is 6.54 Å². The molecule has 1 atom stereocenters. The lowest BCUT2D eigenvalue weighted by molar-refractivity contribution is -0.121. The maximum Gasteiger partial charge on any atom is 0.239 e. The summed E-state index contributed by atoms with van der Waals surface area (Å²) in [6.45, 7) is 3.01. The third kappa shape index (κ3) is 2.88. The number of aryl methyl sites for hydroxylation is 1. The van der Waals surface area contributed by atoms with E-state index in [1.807, 2.05) is 17.7 Å². The van der Waals surface area contributed by atoms with Crippen LogP contribution < -0.4 is 11.1 Å². The van der Waals surface area contributed by atoms with Crippen molar-refractivity contribution in [3.05, 3.63) is 23.5 Å². The van der Waals surface area contributed by atoms with Crippen LogP contribution in [0.2, 0.25) is 0 Å². The van der Waals surface area contributed by atoms with Crippen molar-refractivity contribution in [2.45, 2.75) is 45.2 Å². The summed E-state index contributed by atoms with van der Waals surface area (Å²) in [5.74, 6) is 0.0613. The number of hydrogen-bond acceptors (Lipinski definition) is 2. The molecular weight excluding hydrogens is 214 g/mol. The van der Waals surface area contributed by atoms with E-state index in [-0.39, 0.29) is 11.9 Å². The van der Waals surface area contributed by atoms with Crippen LogP contribution in [0.5, 0.6) is 0 Å². The number of hydrogen-bond donors (Lipinski definition) is 2. The maximum absolute atomic E-state index is 11.5. The molecule has 0 saturated heterocycles. The van der Waals surface area contributed by atoms with Gasteiger partial charge in [0.15, 0.2) is 0 Å². The van der Waals surface area contributed by atoms with E-state index in [1.54, 1.807) is 0 Å². The van der Waals surface area contributed by atoms with Gasteiger partial charge < -0.3 is 15.6 Å². The Morgan fingerprint density at radius 2 is 2.35 bits per heavy atom. The molecule has 1 aliphatic rings. The maximum atomic E-state index is 11.5. The van der Waals surface area contributed by atoms with Gasteiger partial charge in [-0.25, -0.2) is 0 Å². The zero-order valence-electron chi connectivity index (χ0n) is 10.4. The van der Waals surface area contributed by atoms with Gasteiger partial charge in [0.25, 0.3) is 0 Å². The molecule has 0 bridgehead atoms. The van der Waals surface area contributed by atoms with Crippen molar-refractivity contribution in [1.29, 1.82) is 0 Å². The summed E-state index contributed by atoms with van der Waals surface area (Å²) in [5.41, 5.74) is 8.68. The highest BCUT2D eigenvalue weighted by molar-refractivity contribution is 5.75. The van der Waals surface area contributed by atoms with E-state index >= 15 is 0 Å². The predicted molar refractivity (Wildman–Crippen MR) is 67.6 cm³/mol. The molecule has 3 N–H and O–H groups in total. The Hall–Kier alpha value is -1.29. The monoisotopic (exact) mass is 235 g/mol. The van der Waals surface area contributed by atoms with Crippen LogP contribution >= 0.6 is 0 Å². The molecule has 1 heterocycles. The summed E-state index contributed by atoms with van der Waals surface area (Å²) >= 11 is 0. The first-order chi connectivity index (χ1) is 8.20. The van der Waals surface area contributed by atoms with Crippen LogP contribution in [0.25, 0.3) is 0 Å². The van der Waals surface area contributed by atoms with E-state index < -0.39 is 0 Å². The van der Waals surface area contributed by atoms with E-state index in [1.165, 1.54) is 24.0 Å². The van der Waals surface area contributed by atoms with Crippen LogP contribution in [0.4, 0.5) is 0 Å². The molecule has 1 aromatic heterocycles. The Kier molecular flexibility index (Phi) is 3.84. The van der Waals surface area contributed by atoms with Gasteiger partial charge in [-0.15, -0.1) is 0 Å². The molecule has 0 spiro atoms. The Labute approximate surface area is 102 Å². The summed E-state index contributed by atoms with van der Waals surface area (Å²) in [7, 11) is 0. The minimum atomic E-state index is 0.0613. The summed E-state index contributed by atoms with van der Waals surface area (Å²) in [6, 6.07) is 0.142. The van der Waals surface area contributed by atoms with Crippen molar-refractivity contribution >= 4 is 5.91 Å². The van der Waals surface area contributed by atoms with E-state index in [2.05, 4.69) is 11.5 Å². The van der Waals surface area contributed by atoms with Gasteiger partial charge >= 0.3 is 0 Å². The molecule has 94 valence electrons. The first-order valence-corrected chi connectivity index (χ1v) is 6.41. The van der Waals surface area contributed by atoms with Gasteiger partial charge in [0.2, 0.25) is 5.91 Å². The molecule has 0 saturated carbocycles. The quantitative estimate of drug-likeness (QED) is 0.777. The van der Waals surface area contributed by atoms with Crippen LogP contribution in [0.15, 0.2) is 12.4 Å². The molecule has 1 aliphatic carbocycles. The largest absolute Gasteiger partial charge is 0.355 e. The number of nitrogens with one attached hydrogen (secondary N) is 1. The number of fused-ring (bicyclic) bond motifs is 1. The second kappa shape index (κ2) is 5.36. The van der Waals surface area contributed by atoms with Gasteiger partial charge in [0, 0.05) is 25.0 Å². The fourth-order valence-corrected chi connectivity index (χ4v) is 2.46. The van der Waals surface area contributed by atoms with Gasteiger partial charge in [0.05, 0.1) is 0 Å². The van der Waals surface area contributed by atoms with Crippen LogP contribution in [-0.2, 0) is 17.8 Å². The number of nitrogens with zero attached hydrogens (tertiary/aromatic N) is 1. The molecule has 1 aromatic rings. The average molecular weight is 235 g/mol. The lowest BCUT2D eigenvalue weighted by Gasteiger charge is -2.07. The van der Waals surface area contributed by atoms with Crippen molar-refractivity contribution in [3.63, 3.8) is 0 Å². The lowest BCUT2D eigenvalue weighted by Crippen LogP contribution is -2.26. The normalized spacial score (nSPS) is 19.5. The van der Waals surface area contributed by atoms with Gasteiger partial charge in [-0.3, -0.25) is 4.79 Å². The topological polar surface area (TPSA) is 60.0 Å². The number of likely N-dealkylation sites (N-methyl/N-ethyl adjacent to an activating group) is 1. The Morgan fingerprint density at radius 3 is 3.12 bits per heavy atom. The van der Waals surface area contributed by atoms with Crippen molar-refractivity contribution in [1.82, 2.24) is 9.88 Å². The van der Waals surface area contributed by atoms with Crippen LogP contribution in [-0.4, -0.2) is 17.0 Å². The highest BCUT2D eigenvalue weighted by Gasteiger charge is 2.17. The Bertz CT molecular complexity index is 397. The summed E-state index contributed by atoms with van der Waals surface area (Å²) in [6.07, 6.45) is 8.66. The van der Waals surface area contributed by atoms with Crippen molar-refractivity contribution in [3.8, 4) is 0 Å².